The van der Waals surface area contributed by atoms with Crippen molar-refractivity contribution in [3.8, 4) is 5.75 Å². The fraction of sp³-hybridized carbons (Fsp3) is 0.375. The third-order valence-electron chi connectivity index (χ3n) is 3.07. The monoisotopic (exact) mass is 349 g/mol. The van der Waals surface area contributed by atoms with Crippen molar-refractivity contribution < 1.29 is 19.4 Å². The summed E-state index contributed by atoms with van der Waals surface area (Å²) in [6.45, 7) is 5.72. The summed E-state index contributed by atoms with van der Waals surface area (Å²) in [6, 6.07) is 7.47. The van der Waals surface area contributed by atoms with Crippen molar-refractivity contribution in [2.24, 2.45) is 10.2 Å². The van der Waals surface area contributed by atoms with E-state index in [0.29, 0.717) is 10.9 Å². The standard InChI is InChI=1S/C16H19N3O4S/c1-9(2)23-12-6-4-11(5-7-12)10(3)18-19-16-17-15(22)13(24-16)8-14(20)21/h4-7,9,13H,8H2,1-3H3,(H,20,21)(H,17,19,22)/b18-10+/t13-/m1/s1. The van der Waals surface area contributed by atoms with Gasteiger partial charge in [-0.1, -0.05) is 11.8 Å². The molecule has 24 heavy (non-hydrogen) atoms. The Labute approximate surface area is 144 Å². The van der Waals surface area contributed by atoms with Crippen LogP contribution in [-0.2, 0) is 9.59 Å². The van der Waals surface area contributed by atoms with Gasteiger partial charge in [-0.2, -0.15) is 5.10 Å². The molecule has 2 N–H and O–H groups in total. The lowest BCUT2D eigenvalue weighted by atomic mass is 10.1. The number of nitrogens with zero attached hydrogens (tertiary/aromatic N) is 2. The first-order valence-electron chi connectivity index (χ1n) is 7.44. The number of carbonyl (C=O) groups is 2. The van der Waals surface area contributed by atoms with Gasteiger partial charge >= 0.3 is 5.97 Å². The van der Waals surface area contributed by atoms with E-state index < -0.39 is 11.2 Å². The molecule has 0 unspecified atom stereocenters. The van der Waals surface area contributed by atoms with Gasteiger partial charge < -0.3 is 15.2 Å². The molecule has 1 saturated heterocycles. The number of hydrogen-bond acceptors (Lipinski definition) is 6. The Bertz CT molecular complexity index is 683. The topological polar surface area (TPSA) is 100 Å². The summed E-state index contributed by atoms with van der Waals surface area (Å²) in [7, 11) is 0. The predicted octanol–water partition coefficient (Wildman–Crippen LogP) is 2.26. The van der Waals surface area contributed by atoms with Gasteiger partial charge in [0.25, 0.3) is 0 Å². The second-order valence-corrected chi connectivity index (χ2v) is 6.67. The van der Waals surface area contributed by atoms with Crippen LogP contribution in [0.2, 0.25) is 0 Å². The summed E-state index contributed by atoms with van der Waals surface area (Å²) in [5.74, 6) is -0.598. The molecular weight excluding hydrogens is 330 g/mol. The molecular formula is C16H19N3O4S. The summed E-state index contributed by atoms with van der Waals surface area (Å²) < 4.78 is 5.58. The maximum absolute atomic E-state index is 11.6. The van der Waals surface area contributed by atoms with Crippen LogP contribution in [0.5, 0.6) is 5.75 Å². The van der Waals surface area contributed by atoms with Gasteiger partial charge in [-0.25, -0.2) is 0 Å². The van der Waals surface area contributed by atoms with Gasteiger partial charge in [0.1, 0.15) is 11.0 Å². The van der Waals surface area contributed by atoms with Crippen LogP contribution in [0.3, 0.4) is 0 Å². The maximum atomic E-state index is 11.6. The van der Waals surface area contributed by atoms with Crippen molar-refractivity contribution in [2.75, 3.05) is 0 Å². The first kappa shape index (κ1) is 18.0. The number of benzene rings is 1. The van der Waals surface area contributed by atoms with E-state index >= 15 is 0 Å². The molecule has 1 atom stereocenters. The second kappa shape index (κ2) is 7.96. The Kier molecular flexibility index (Phi) is 5.97. The summed E-state index contributed by atoms with van der Waals surface area (Å²) in [5.41, 5.74) is 1.56. The van der Waals surface area contributed by atoms with Crippen LogP contribution in [0.4, 0.5) is 0 Å². The van der Waals surface area contributed by atoms with E-state index in [4.69, 9.17) is 9.84 Å². The van der Waals surface area contributed by atoms with Gasteiger partial charge in [0, 0.05) is 0 Å². The van der Waals surface area contributed by atoms with E-state index in [2.05, 4.69) is 15.5 Å². The summed E-state index contributed by atoms with van der Waals surface area (Å²) in [5, 5.41) is 19.0. The van der Waals surface area contributed by atoms with Crippen molar-refractivity contribution in [2.45, 2.75) is 38.5 Å². The van der Waals surface area contributed by atoms with E-state index in [9.17, 15) is 9.59 Å². The third kappa shape index (κ3) is 5.09. The van der Waals surface area contributed by atoms with Crippen molar-refractivity contribution in [3.63, 3.8) is 0 Å². The van der Waals surface area contributed by atoms with Gasteiger partial charge in [0.05, 0.1) is 18.2 Å². The molecule has 1 heterocycles. The van der Waals surface area contributed by atoms with Gasteiger partial charge in [-0.3, -0.25) is 9.59 Å². The average molecular weight is 349 g/mol. The predicted molar refractivity (Wildman–Crippen MR) is 93.6 cm³/mol. The minimum absolute atomic E-state index is 0.110. The number of nitrogens with one attached hydrogen (secondary N) is 1. The lowest BCUT2D eigenvalue weighted by molar-refractivity contribution is -0.138. The molecule has 0 aliphatic carbocycles. The van der Waals surface area contributed by atoms with Crippen molar-refractivity contribution in [1.82, 2.24) is 5.32 Å². The Morgan fingerprint density at radius 1 is 1.38 bits per heavy atom. The van der Waals surface area contributed by atoms with E-state index in [1.54, 1.807) is 6.92 Å². The third-order valence-corrected chi connectivity index (χ3v) is 4.14. The molecule has 1 aliphatic heterocycles. The molecule has 0 spiro atoms. The van der Waals surface area contributed by atoms with Crippen LogP contribution >= 0.6 is 11.8 Å². The summed E-state index contributed by atoms with van der Waals surface area (Å²) in [6.07, 6.45) is -0.131. The fourth-order valence-electron chi connectivity index (χ4n) is 1.97. The number of rotatable bonds is 6. The largest absolute Gasteiger partial charge is 0.491 e. The Morgan fingerprint density at radius 2 is 2.04 bits per heavy atom. The molecule has 0 aromatic heterocycles. The van der Waals surface area contributed by atoms with E-state index in [0.717, 1.165) is 23.1 Å². The number of amides is 1. The molecule has 0 saturated carbocycles. The minimum atomic E-state index is -1.02. The van der Waals surface area contributed by atoms with Crippen LogP contribution in [0, 0.1) is 0 Å². The number of aliphatic carboxylic acids is 1. The average Bonchev–Trinajstić information content (AvgIpc) is 2.84. The molecule has 1 aliphatic rings. The highest BCUT2D eigenvalue weighted by atomic mass is 32.2. The smallest absolute Gasteiger partial charge is 0.305 e. The molecule has 2 rings (SSSR count). The van der Waals surface area contributed by atoms with Crippen molar-refractivity contribution in [3.05, 3.63) is 29.8 Å². The van der Waals surface area contributed by atoms with Crippen LogP contribution in [0.15, 0.2) is 34.5 Å². The van der Waals surface area contributed by atoms with Gasteiger partial charge in [0.2, 0.25) is 5.91 Å². The highest BCUT2D eigenvalue weighted by Gasteiger charge is 2.32. The SMILES string of the molecule is C/C(=N\N=C1\NC(=O)[C@@H](CC(=O)O)S1)c1ccc(OC(C)C)cc1. The summed E-state index contributed by atoms with van der Waals surface area (Å²) in [4.78, 5) is 22.3. The molecule has 1 aromatic carbocycles. The zero-order valence-electron chi connectivity index (χ0n) is 13.6. The molecule has 1 aromatic rings. The van der Waals surface area contributed by atoms with Crippen LogP contribution in [0.1, 0.15) is 32.8 Å². The quantitative estimate of drug-likeness (QED) is 0.606. The van der Waals surface area contributed by atoms with E-state index in [-0.39, 0.29) is 18.4 Å². The van der Waals surface area contributed by atoms with E-state index in [1.807, 2.05) is 38.1 Å². The zero-order chi connectivity index (χ0) is 17.7. The van der Waals surface area contributed by atoms with Crippen molar-refractivity contribution >= 4 is 34.5 Å². The van der Waals surface area contributed by atoms with Crippen molar-refractivity contribution in [1.29, 1.82) is 0 Å². The van der Waals surface area contributed by atoms with Crippen LogP contribution in [0.25, 0.3) is 0 Å². The molecule has 7 nitrogen and oxygen atoms in total. The molecule has 1 amide bonds. The van der Waals surface area contributed by atoms with Crippen LogP contribution < -0.4 is 10.1 Å². The Balaban J connectivity index is 2.03. The number of carboxylic acid groups (broad SMARTS) is 1. The second-order valence-electron chi connectivity index (χ2n) is 5.48. The molecule has 1 fully saturated rings. The number of thioether (sulfide) groups is 1. The minimum Gasteiger partial charge on any atom is -0.491 e. The normalized spacial score (nSPS) is 19.7. The lowest BCUT2D eigenvalue weighted by Gasteiger charge is -2.09. The fourth-order valence-corrected chi connectivity index (χ4v) is 2.88. The highest BCUT2D eigenvalue weighted by molar-refractivity contribution is 8.15. The number of carbonyl (C=O) groups excluding carboxylic acids is 1. The molecule has 128 valence electrons. The zero-order valence-corrected chi connectivity index (χ0v) is 14.5. The Hall–Kier alpha value is -2.35. The molecule has 0 radical (unpaired) electrons. The first-order chi connectivity index (χ1) is 11.3. The van der Waals surface area contributed by atoms with Gasteiger partial charge in [0.15, 0.2) is 5.17 Å². The van der Waals surface area contributed by atoms with Crippen LogP contribution in [-0.4, -0.2) is 39.2 Å². The van der Waals surface area contributed by atoms with Gasteiger partial charge in [-0.05, 0) is 50.6 Å². The lowest BCUT2D eigenvalue weighted by Crippen LogP contribution is -2.26. The number of carboxylic acids is 1. The number of ether oxygens (including phenoxy) is 1. The van der Waals surface area contributed by atoms with E-state index in [1.165, 1.54) is 0 Å². The maximum Gasteiger partial charge on any atom is 0.305 e. The first-order valence-corrected chi connectivity index (χ1v) is 8.31. The Morgan fingerprint density at radius 3 is 2.62 bits per heavy atom. The number of amidine groups is 1. The highest BCUT2D eigenvalue weighted by Crippen LogP contribution is 2.22. The molecule has 0 bridgehead atoms. The van der Waals surface area contributed by atoms with Gasteiger partial charge in [-0.15, -0.1) is 5.10 Å². The summed E-state index contributed by atoms with van der Waals surface area (Å²) >= 11 is 1.07. The number of hydrogen-bond donors (Lipinski definition) is 2. The molecule has 8 heteroatoms.